The Morgan fingerprint density at radius 1 is 1.28 bits per heavy atom. The van der Waals surface area contributed by atoms with Crippen LogP contribution >= 0.6 is 10.7 Å². The van der Waals surface area contributed by atoms with Crippen molar-refractivity contribution in [2.75, 3.05) is 0 Å². The van der Waals surface area contributed by atoms with Crippen molar-refractivity contribution in [3.05, 3.63) is 30.5 Å². The molecule has 0 saturated carbocycles. The van der Waals surface area contributed by atoms with Gasteiger partial charge in [-0.3, -0.25) is 4.98 Å². The van der Waals surface area contributed by atoms with Crippen LogP contribution in [0.1, 0.15) is 13.8 Å². The van der Waals surface area contributed by atoms with Gasteiger partial charge < -0.3 is 4.74 Å². The number of benzene rings is 1. The van der Waals surface area contributed by atoms with Crippen LogP contribution in [0.4, 0.5) is 0 Å². The topological polar surface area (TPSA) is 56.3 Å². The average Bonchev–Trinajstić information content (AvgIpc) is 2.27. The van der Waals surface area contributed by atoms with E-state index in [1.54, 1.807) is 24.4 Å². The lowest BCUT2D eigenvalue weighted by molar-refractivity contribution is 0.245. The molecule has 18 heavy (non-hydrogen) atoms. The van der Waals surface area contributed by atoms with Crippen molar-refractivity contribution < 1.29 is 13.2 Å². The highest BCUT2D eigenvalue weighted by molar-refractivity contribution is 8.14. The Morgan fingerprint density at radius 3 is 2.61 bits per heavy atom. The average molecular weight is 286 g/mol. The van der Waals surface area contributed by atoms with Crippen molar-refractivity contribution >= 4 is 30.6 Å². The lowest BCUT2D eigenvalue weighted by atomic mass is 10.2. The number of fused-ring (bicyclic) bond motifs is 1. The summed E-state index contributed by atoms with van der Waals surface area (Å²) in [4.78, 5) is 4.21. The number of hydrogen-bond acceptors (Lipinski definition) is 4. The zero-order chi connectivity index (χ0) is 13.3. The van der Waals surface area contributed by atoms with Crippen LogP contribution in [0.15, 0.2) is 35.4 Å². The van der Waals surface area contributed by atoms with E-state index in [1.165, 1.54) is 6.07 Å². The Labute approximate surface area is 110 Å². The van der Waals surface area contributed by atoms with Crippen molar-refractivity contribution in [3.8, 4) is 5.75 Å². The van der Waals surface area contributed by atoms with Crippen molar-refractivity contribution in [2.45, 2.75) is 24.8 Å². The number of ether oxygens (including phenoxy) is 1. The van der Waals surface area contributed by atoms with Crippen LogP contribution in [0.25, 0.3) is 10.9 Å². The zero-order valence-electron chi connectivity index (χ0n) is 9.92. The van der Waals surface area contributed by atoms with Crippen LogP contribution in [0.3, 0.4) is 0 Å². The summed E-state index contributed by atoms with van der Waals surface area (Å²) in [5, 5.41) is 0.464. The Hall–Kier alpha value is -1.33. The van der Waals surface area contributed by atoms with Crippen LogP contribution in [0.2, 0.25) is 0 Å². The summed E-state index contributed by atoms with van der Waals surface area (Å²) in [5.74, 6) is 0.546. The Morgan fingerprint density at radius 2 is 2.00 bits per heavy atom. The summed E-state index contributed by atoms with van der Waals surface area (Å²) in [7, 11) is 1.60. The third-order valence-electron chi connectivity index (χ3n) is 2.32. The van der Waals surface area contributed by atoms with Crippen LogP contribution in [0.5, 0.6) is 5.75 Å². The minimum absolute atomic E-state index is 0.0198. The summed E-state index contributed by atoms with van der Waals surface area (Å²) in [6.07, 6.45) is 1.56. The second-order valence-electron chi connectivity index (χ2n) is 4.07. The van der Waals surface area contributed by atoms with Gasteiger partial charge in [-0.15, -0.1) is 0 Å². The molecule has 96 valence electrons. The zero-order valence-corrected chi connectivity index (χ0v) is 11.5. The molecule has 2 aromatic rings. The molecule has 0 bridgehead atoms. The first-order valence-electron chi connectivity index (χ1n) is 5.38. The predicted octanol–water partition coefficient (Wildman–Crippen LogP) is 2.95. The van der Waals surface area contributed by atoms with Gasteiger partial charge in [0.05, 0.1) is 11.0 Å². The van der Waals surface area contributed by atoms with E-state index in [9.17, 15) is 8.42 Å². The molecule has 1 aromatic heterocycles. The number of pyridine rings is 1. The second-order valence-corrected chi connectivity index (χ2v) is 6.60. The molecule has 0 aliphatic rings. The SMILES string of the molecule is CC(C)Oc1ccc(S(=O)(=O)Cl)c2cccnc12. The van der Waals surface area contributed by atoms with Gasteiger partial charge in [0, 0.05) is 22.3 Å². The maximum Gasteiger partial charge on any atom is 0.261 e. The van der Waals surface area contributed by atoms with Gasteiger partial charge in [0.1, 0.15) is 11.3 Å². The first kappa shape index (κ1) is 13.1. The first-order chi connectivity index (χ1) is 8.39. The molecule has 0 saturated heterocycles. The minimum atomic E-state index is -3.80. The van der Waals surface area contributed by atoms with Gasteiger partial charge in [-0.05, 0) is 38.1 Å². The van der Waals surface area contributed by atoms with Gasteiger partial charge in [0.2, 0.25) is 0 Å². The Bertz CT molecular complexity index is 683. The lowest BCUT2D eigenvalue weighted by Gasteiger charge is -2.12. The smallest absolute Gasteiger partial charge is 0.261 e. The lowest BCUT2D eigenvalue weighted by Crippen LogP contribution is -2.06. The monoisotopic (exact) mass is 285 g/mol. The van der Waals surface area contributed by atoms with Crippen LogP contribution in [-0.4, -0.2) is 19.5 Å². The van der Waals surface area contributed by atoms with Gasteiger partial charge in [-0.1, -0.05) is 0 Å². The molecule has 0 atom stereocenters. The maximum atomic E-state index is 11.5. The van der Waals surface area contributed by atoms with Gasteiger partial charge in [0.15, 0.2) is 0 Å². The highest BCUT2D eigenvalue weighted by Crippen LogP contribution is 2.31. The summed E-state index contributed by atoms with van der Waals surface area (Å²) >= 11 is 0. The third-order valence-corrected chi connectivity index (χ3v) is 3.70. The molecule has 1 aromatic carbocycles. The van der Waals surface area contributed by atoms with E-state index < -0.39 is 9.05 Å². The molecule has 0 unspecified atom stereocenters. The quantitative estimate of drug-likeness (QED) is 0.814. The molecular weight excluding hydrogens is 274 g/mol. The summed E-state index contributed by atoms with van der Waals surface area (Å²) in [6.45, 7) is 3.78. The maximum absolute atomic E-state index is 11.5. The van der Waals surface area contributed by atoms with Crippen molar-refractivity contribution in [3.63, 3.8) is 0 Å². The van der Waals surface area contributed by atoms with Crippen molar-refractivity contribution in [1.82, 2.24) is 4.98 Å². The van der Waals surface area contributed by atoms with E-state index in [-0.39, 0.29) is 11.0 Å². The van der Waals surface area contributed by atoms with Crippen LogP contribution < -0.4 is 4.74 Å². The summed E-state index contributed by atoms with van der Waals surface area (Å²) in [5.41, 5.74) is 0.493. The highest BCUT2D eigenvalue weighted by atomic mass is 35.7. The molecule has 4 nitrogen and oxygen atoms in total. The van der Waals surface area contributed by atoms with E-state index in [2.05, 4.69) is 4.98 Å². The summed E-state index contributed by atoms with van der Waals surface area (Å²) < 4.78 is 28.5. The molecule has 0 aliphatic heterocycles. The number of halogens is 1. The number of aromatic nitrogens is 1. The Kier molecular flexibility index (Phi) is 3.45. The fourth-order valence-electron chi connectivity index (χ4n) is 1.68. The van der Waals surface area contributed by atoms with E-state index in [4.69, 9.17) is 15.4 Å². The van der Waals surface area contributed by atoms with E-state index >= 15 is 0 Å². The second kappa shape index (κ2) is 4.74. The third kappa shape index (κ3) is 2.57. The molecule has 0 aliphatic carbocycles. The number of hydrogen-bond donors (Lipinski definition) is 0. The largest absolute Gasteiger partial charge is 0.489 e. The van der Waals surface area contributed by atoms with Crippen LogP contribution in [-0.2, 0) is 9.05 Å². The molecule has 6 heteroatoms. The normalized spacial score (nSPS) is 12.0. The van der Waals surface area contributed by atoms with E-state index in [0.717, 1.165) is 0 Å². The van der Waals surface area contributed by atoms with E-state index in [0.29, 0.717) is 16.7 Å². The molecule has 0 radical (unpaired) electrons. The van der Waals surface area contributed by atoms with Gasteiger partial charge in [-0.25, -0.2) is 8.42 Å². The molecule has 0 fully saturated rings. The fourth-order valence-corrected chi connectivity index (χ4v) is 2.74. The van der Waals surface area contributed by atoms with Crippen molar-refractivity contribution in [1.29, 1.82) is 0 Å². The number of rotatable bonds is 3. The summed E-state index contributed by atoms with van der Waals surface area (Å²) in [6, 6.07) is 6.33. The molecule has 0 amide bonds. The van der Waals surface area contributed by atoms with Gasteiger partial charge >= 0.3 is 0 Å². The molecular formula is C12H12ClNO3S. The van der Waals surface area contributed by atoms with Gasteiger partial charge in [-0.2, -0.15) is 0 Å². The Balaban J connectivity index is 2.74. The van der Waals surface area contributed by atoms with Crippen molar-refractivity contribution in [2.24, 2.45) is 0 Å². The van der Waals surface area contributed by atoms with Crippen LogP contribution in [0, 0.1) is 0 Å². The molecule has 2 rings (SSSR count). The highest BCUT2D eigenvalue weighted by Gasteiger charge is 2.17. The first-order valence-corrected chi connectivity index (χ1v) is 7.69. The fraction of sp³-hybridized carbons (Fsp3) is 0.250. The van der Waals surface area contributed by atoms with E-state index in [1.807, 2.05) is 13.8 Å². The molecule has 0 spiro atoms. The number of nitrogens with zero attached hydrogens (tertiary/aromatic N) is 1. The van der Waals surface area contributed by atoms with Gasteiger partial charge in [0.25, 0.3) is 9.05 Å². The predicted molar refractivity (Wildman–Crippen MR) is 70.5 cm³/mol. The minimum Gasteiger partial charge on any atom is -0.489 e. The standard InChI is InChI=1S/C12H12ClNO3S/c1-8(2)17-10-5-6-11(18(13,15)16)9-4-3-7-14-12(9)10/h3-8H,1-2H3. The molecule has 0 N–H and O–H groups in total. The molecule has 1 heterocycles.